The highest BCUT2D eigenvalue weighted by Gasteiger charge is 2.21. The zero-order valence-corrected chi connectivity index (χ0v) is 12.7. The maximum Gasteiger partial charge on any atom is 0.359 e. The highest BCUT2D eigenvalue weighted by Crippen LogP contribution is 2.28. The Morgan fingerprint density at radius 1 is 1.30 bits per heavy atom. The number of aromatic carboxylic acids is 1. The van der Waals surface area contributed by atoms with E-state index in [0.29, 0.717) is 10.8 Å². The highest BCUT2D eigenvalue weighted by atomic mass is 35.5. The van der Waals surface area contributed by atoms with Gasteiger partial charge in [0.2, 0.25) is 5.69 Å². The Balaban J connectivity index is 1.97. The van der Waals surface area contributed by atoms with Crippen molar-refractivity contribution in [3.63, 3.8) is 0 Å². The van der Waals surface area contributed by atoms with E-state index >= 15 is 0 Å². The first-order valence-electron chi connectivity index (χ1n) is 6.73. The fraction of sp³-hybridized carbons (Fsp3) is 0.0625. The molecule has 0 radical (unpaired) electrons. The molecule has 0 unspecified atom stereocenters. The van der Waals surface area contributed by atoms with Gasteiger partial charge in [-0.15, -0.1) is 6.58 Å². The van der Waals surface area contributed by atoms with Gasteiger partial charge >= 0.3 is 5.97 Å². The van der Waals surface area contributed by atoms with E-state index in [2.05, 4.69) is 16.9 Å². The van der Waals surface area contributed by atoms with Gasteiger partial charge in [0.15, 0.2) is 0 Å². The lowest BCUT2D eigenvalue weighted by Crippen LogP contribution is -2.09. The SMILES string of the molecule is C=CCn1nnc(Oc2ccc3cc(Cl)ccc3c2)c1C(=O)O. The van der Waals surface area contributed by atoms with Gasteiger partial charge in [0, 0.05) is 5.02 Å². The van der Waals surface area contributed by atoms with Gasteiger partial charge < -0.3 is 9.84 Å². The van der Waals surface area contributed by atoms with Gasteiger partial charge in [0.25, 0.3) is 5.88 Å². The van der Waals surface area contributed by atoms with Gasteiger partial charge in [-0.2, -0.15) is 0 Å². The summed E-state index contributed by atoms with van der Waals surface area (Å²) in [7, 11) is 0. The van der Waals surface area contributed by atoms with E-state index in [9.17, 15) is 9.90 Å². The van der Waals surface area contributed by atoms with E-state index < -0.39 is 5.97 Å². The molecule has 0 bridgehead atoms. The predicted octanol–water partition coefficient (Wildman–Crippen LogP) is 3.76. The Morgan fingerprint density at radius 2 is 2.04 bits per heavy atom. The summed E-state index contributed by atoms with van der Waals surface area (Å²) in [5.74, 6) is -0.764. The zero-order valence-electron chi connectivity index (χ0n) is 11.9. The molecule has 2 aromatic carbocycles. The molecule has 1 heterocycles. The molecule has 116 valence electrons. The number of hydrogen-bond donors (Lipinski definition) is 1. The summed E-state index contributed by atoms with van der Waals surface area (Å²) in [5.41, 5.74) is -0.124. The van der Waals surface area contributed by atoms with Gasteiger partial charge in [-0.3, -0.25) is 0 Å². The fourth-order valence-electron chi connectivity index (χ4n) is 2.19. The van der Waals surface area contributed by atoms with Gasteiger partial charge in [0.1, 0.15) is 5.75 Å². The Bertz CT molecular complexity index is 905. The molecule has 0 aliphatic carbocycles. The molecule has 0 saturated heterocycles. The van der Waals surface area contributed by atoms with Crippen LogP contribution in [-0.2, 0) is 6.54 Å². The first kappa shape index (κ1) is 15.1. The van der Waals surface area contributed by atoms with Crippen LogP contribution >= 0.6 is 11.6 Å². The largest absolute Gasteiger partial charge is 0.476 e. The summed E-state index contributed by atoms with van der Waals surface area (Å²) in [6.07, 6.45) is 1.53. The minimum atomic E-state index is -1.17. The summed E-state index contributed by atoms with van der Waals surface area (Å²) in [6.45, 7) is 3.79. The fourth-order valence-corrected chi connectivity index (χ4v) is 2.37. The number of carboxylic acids is 1. The Labute approximate surface area is 136 Å². The van der Waals surface area contributed by atoms with Crippen LogP contribution in [0.1, 0.15) is 10.5 Å². The number of halogens is 1. The summed E-state index contributed by atoms with van der Waals surface area (Å²) in [6, 6.07) is 10.8. The first-order chi connectivity index (χ1) is 11.1. The van der Waals surface area contributed by atoms with Crippen molar-refractivity contribution in [3.8, 4) is 11.6 Å². The van der Waals surface area contributed by atoms with Crippen LogP contribution < -0.4 is 4.74 Å². The van der Waals surface area contributed by atoms with Gasteiger partial charge in [0.05, 0.1) is 6.54 Å². The summed E-state index contributed by atoms with van der Waals surface area (Å²) in [4.78, 5) is 11.4. The number of fused-ring (bicyclic) bond motifs is 1. The zero-order chi connectivity index (χ0) is 16.4. The Morgan fingerprint density at radius 3 is 2.78 bits per heavy atom. The van der Waals surface area contributed by atoms with Gasteiger partial charge in [-0.1, -0.05) is 40.1 Å². The van der Waals surface area contributed by atoms with Crippen LogP contribution in [0.25, 0.3) is 10.8 Å². The third kappa shape index (κ3) is 3.02. The summed E-state index contributed by atoms with van der Waals surface area (Å²) < 4.78 is 6.81. The number of carboxylic acid groups (broad SMARTS) is 1. The van der Waals surface area contributed by atoms with E-state index in [1.54, 1.807) is 18.2 Å². The molecule has 0 aliphatic heterocycles. The average Bonchev–Trinajstić information content (AvgIpc) is 2.90. The van der Waals surface area contributed by atoms with Crippen molar-refractivity contribution >= 4 is 28.3 Å². The number of rotatable bonds is 5. The number of hydrogen-bond acceptors (Lipinski definition) is 4. The lowest BCUT2D eigenvalue weighted by Gasteiger charge is -2.06. The Hall–Kier alpha value is -2.86. The smallest absolute Gasteiger partial charge is 0.359 e. The van der Waals surface area contributed by atoms with Crippen LogP contribution in [0.5, 0.6) is 11.6 Å². The van der Waals surface area contributed by atoms with Crippen LogP contribution in [0.4, 0.5) is 0 Å². The first-order valence-corrected chi connectivity index (χ1v) is 7.11. The van der Waals surface area contributed by atoms with Crippen LogP contribution in [0.15, 0.2) is 49.1 Å². The molecule has 0 fully saturated rings. The van der Waals surface area contributed by atoms with Gasteiger partial charge in [-0.25, -0.2) is 9.48 Å². The van der Waals surface area contributed by atoms with Crippen molar-refractivity contribution in [2.24, 2.45) is 0 Å². The molecular weight excluding hydrogens is 318 g/mol. The number of allylic oxidation sites excluding steroid dienone is 1. The molecule has 0 aliphatic rings. The number of ether oxygens (including phenoxy) is 1. The molecule has 0 atom stereocenters. The van der Waals surface area contributed by atoms with E-state index in [1.165, 1.54) is 10.8 Å². The second-order valence-electron chi connectivity index (χ2n) is 4.77. The molecule has 23 heavy (non-hydrogen) atoms. The molecule has 1 N–H and O–H groups in total. The third-order valence-electron chi connectivity index (χ3n) is 3.20. The molecule has 0 spiro atoms. The van der Waals surface area contributed by atoms with E-state index in [1.807, 2.05) is 18.2 Å². The van der Waals surface area contributed by atoms with Crippen molar-refractivity contribution < 1.29 is 14.6 Å². The molecule has 0 amide bonds. The van der Waals surface area contributed by atoms with Crippen molar-refractivity contribution in [2.45, 2.75) is 6.54 Å². The molecule has 1 aromatic heterocycles. The third-order valence-corrected chi connectivity index (χ3v) is 3.43. The van der Waals surface area contributed by atoms with E-state index in [-0.39, 0.29) is 18.1 Å². The molecule has 3 rings (SSSR count). The predicted molar refractivity (Wildman–Crippen MR) is 86.2 cm³/mol. The lowest BCUT2D eigenvalue weighted by atomic mass is 10.1. The van der Waals surface area contributed by atoms with Gasteiger partial charge in [-0.05, 0) is 35.0 Å². The van der Waals surface area contributed by atoms with Crippen LogP contribution in [0.2, 0.25) is 5.02 Å². The molecule has 7 heteroatoms. The average molecular weight is 330 g/mol. The highest BCUT2D eigenvalue weighted by molar-refractivity contribution is 6.31. The molecule has 6 nitrogen and oxygen atoms in total. The topological polar surface area (TPSA) is 77.2 Å². The molecule has 0 saturated carbocycles. The number of nitrogens with zero attached hydrogens (tertiary/aromatic N) is 3. The maximum atomic E-state index is 11.4. The number of carbonyl (C=O) groups is 1. The van der Waals surface area contributed by atoms with E-state index in [4.69, 9.17) is 16.3 Å². The normalized spacial score (nSPS) is 10.7. The quantitative estimate of drug-likeness (QED) is 0.721. The second-order valence-corrected chi connectivity index (χ2v) is 5.21. The summed E-state index contributed by atoms with van der Waals surface area (Å²) in [5, 5.41) is 19.4. The van der Waals surface area contributed by atoms with Crippen molar-refractivity contribution in [3.05, 3.63) is 59.8 Å². The van der Waals surface area contributed by atoms with Crippen LogP contribution in [0, 0.1) is 0 Å². The Kier molecular flexibility index (Phi) is 3.99. The monoisotopic (exact) mass is 329 g/mol. The molecular formula is C16H12ClN3O3. The minimum absolute atomic E-state index is 0.0623. The van der Waals surface area contributed by atoms with Crippen LogP contribution in [0.3, 0.4) is 0 Å². The maximum absolute atomic E-state index is 11.4. The van der Waals surface area contributed by atoms with Crippen LogP contribution in [-0.4, -0.2) is 26.1 Å². The number of aromatic nitrogens is 3. The summed E-state index contributed by atoms with van der Waals surface area (Å²) >= 11 is 5.95. The molecule has 3 aromatic rings. The lowest BCUT2D eigenvalue weighted by molar-refractivity contribution is 0.0681. The van der Waals surface area contributed by atoms with Crippen molar-refractivity contribution in [1.82, 2.24) is 15.0 Å². The second kappa shape index (κ2) is 6.10. The van der Waals surface area contributed by atoms with Crippen molar-refractivity contribution in [2.75, 3.05) is 0 Å². The van der Waals surface area contributed by atoms with E-state index in [0.717, 1.165) is 10.8 Å². The number of benzene rings is 2. The standard InChI is InChI=1S/C16H12ClN3O3/c1-2-7-20-14(16(21)22)15(18-19-20)23-13-6-4-10-8-12(17)5-3-11(10)9-13/h2-6,8-9H,1,7H2,(H,21,22). The minimum Gasteiger partial charge on any atom is -0.476 e. The van der Waals surface area contributed by atoms with Crippen molar-refractivity contribution in [1.29, 1.82) is 0 Å².